The molecule has 0 saturated carbocycles. The molecule has 0 aliphatic rings. The van der Waals surface area contributed by atoms with E-state index in [1.54, 1.807) is 24.3 Å². The molecule has 0 bridgehead atoms. The second kappa shape index (κ2) is 9.90. The number of aryl methyl sites for hydroxylation is 1. The number of carboxylic acids is 1. The first-order chi connectivity index (χ1) is 15.5. The van der Waals surface area contributed by atoms with Crippen LogP contribution in [0.5, 0.6) is 0 Å². The van der Waals surface area contributed by atoms with Gasteiger partial charge >= 0.3 is 12.1 Å². The minimum Gasteiger partial charge on any atom is -0.478 e. The number of hydrogen-bond donors (Lipinski definition) is 2. The highest BCUT2D eigenvalue weighted by atomic mass is 35.5. The fourth-order valence-electron chi connectivity index (χ4n) is 3.53. The van der Waals surface area contributed by atoms with E-state index in [0.29, 0.717) is 16.1 Å². The third-order valence-corrected chi connectivity index (χ3v) is 5.18. The van der Waals surface area contributed by atoms with E-state index >= 15 is 0 Å². The van der Waals surface area contributed by atoms with E-state index in [1.807, 2.05) is 0 Å². The Bertz CT molecular complexity index is 1160. The van der Waals surface area contributed by atoms with Gasteiger partial charge in [-0.2, -0.15) is 18.3 Å². The van der Waals surface area contributed by atoms with Gasteiger partial charge < -0.3 is 9.84 Å². The summed E-state index contributed by atoms with van der Waals surface area (Å²) in [6.07, 6.45) is -5.87. The number of nitrogens with zero attached hydrogens (tertiary/aromatic N) is 2. The average molecular weight is 486 g/mol. The lowest BCUT2D eigenvalue weighted by molar-refractivity contribution is -0.145. The number of ether oxygens (including phenoxy) is 1. The van der Waals surface area contributed by atoms with Crippen molar-refractivity contribution in [3.63, 3.8) is 0 Å². The van der Waals surface area contributed by atoms with Gasteiger partial charge in [-0.05, 0) is 35.4 Å². The lowest BCUT2D eigenvalue weighted by atomic mass is 10.0. The topological polar surface area (TPSA) is 76.4 Å². The first kappa shape index (κ1) is 24.7. The van der Waals surface area contributed by atoms with Crippen LogP contribution in [-0.4, -0.2) is 28.0 Å². The molecule has 0 saturated heterocycles. The van der Waals surface area contributed by atoms with Gasteiger partial charge in [0, 0.05) is 37.7 Å². The predicted octanol–water partition coefficient (Wildman–Crippen LogP) is 4.96. The molecule has 2 N–H and O–H groups in total. The standard InChI is InChI=1S/C22H20ClF4N3O3/c1-30-19(22(25,26)27)18(17(29-30)10-12-4-3-5-14(23)8-12)20(33-2)28-11-13-6-7-15(21(31)32)16(24)9-13/h3-9,20,28H,10-11H2,1-2H3,(H,31,32). The smallest absolute Gasteiger partial charge is 0.433 e. The van der Waals surface area contributed by atoms with Crippen LogP contribution in [0, 0.1) is 5.82 Å². The Morgan fingerprint density at radius 3 is 2.55 bits per heavy atom. The van der Waals surface area contributed by atoms with Crippen molar-refractivity contribution >= 4 is 17.6 Å². The number of carboxylic acid groups (broad SMARTS) is 1. The maximum atomic E-state index is 14.0. The molecule has 0 aliphatic carbocycles. The molecular weight excluding hydrogens is 466 g/mol. The number of rotatable bonds is 8. The molecule has 6 nitrogen and oxygen atoms in total. The Hall–Kier alpha value is -2.95. The summed E-state index contributed by atoms with van der Waals surface area (Å²) in [5, 5.41) is 16.3. The summed E-state index contributed by atoms with van der Waals surface area (Å²) in [6, 6.07) is 10.2. The molecule has 0 amide bonds. The number of benzene rings is 2. The molecule has 1 heterocycles. The number of nitrogens with one attached hydrogen (secondary N) is 1. The van der Waals surface area contributed by atoms with Crippen molar-refractivity contribution < 1.29 is 32.2 Å². The van der Waals surface area contributed by atoms with Crippen LogP contribution in [0.25, 0.3) is 0 Å². The van der Waals surface area contributed by atoms with E-state index < -0.39 is 35.4 Å². The van der Waals surface area contributed by atoms with Gasteiger partial charge in [-0.3, -0.25) is 10.00 Å². The average Bonchev–Trinajstić information content (AvgIpc) is 3.04. The van der Waals surface area contributed by atoms with E-state index in [9.17, 15) is 22.4 Å². The van der Waals surface area contributed by atoms with Crippen molar-refractivity contribution in [1.29, 1.82) is 0 Å². The maximum Gasteiger partial charge on any atom is 0.433 e. The molecular formula is C22H20ClF4N3O3. The van der Waals surface area contributed by atoms with Crippen LogP contribution >= 0.6 is 11.6 Å². The summed E-state index contributed by atoms with van der Waals surface area (Å²) < 4.78 is 61.7. The van der Waals surface area contributed by atoms with Crippen molar-refractivity contribution in [3.05, 3.63) is 86.9 Å². The van der Waals surface area contributed by atoms with Crippen LogP contribution in [0.2, 0.25) is 5.02 Å². The van der Waals surface area contributed by atoms with Crippen LogP contribution in [0.1, 0.15) is 44.7 Å². The molecule has 3 rings (SSSR count). The highest BCUT2D eigenvalue weighted by Gasteiger charge is 2.41. The zero-order valence-electron chi connectivity index (χ0n) is 17.6. The molecule has 176 valence electrons. The molecule has 11 heteroatoms. The van der Waals surface area contributed by atoms with Gasteiger partial charge in [0.25, 0.3) is 0 Å². The lowest BCUT2D eigenvalue weighted by Crippen LogP contribution is -2.26. The van der Waals surface area contributed by atoms with Gasteiger partial charge in [0.2, 0.25) is 0 Å². The summed E-state index contributed by atoms with van der Waals surface area (Å²) >= 11 is 6.00. The summed E-state index contributed by atoms with van der Waals surface area (Å²) in [5.41, 5.74) is -0.553. The Morgan fingerprint density at radius 2 is 1.97 bits per heavy atom. The highest BCUT2D eigenvalue weighted by Crippen LogP contribution is 2.37. The molecule has 2 aromatic carbocycles. The zero-order valence-corrected chi connectivity index (χ0v) is 18.3. The SMILES string of the molecule is COC(NCc1ccc(C(=O)O)c(F)c1)c1c(Cc2cccc(Cl)c2)nn(C)c1C(F)(F)F. The number of aromatic nitrogens is 2. The van der Waals surface area contributed by atoms with Gasteiger partial charge in [0.15, 0.2) is 0 Å². The quantitative estimate of drug-likeness (QED) is 0.348. The van der Waals surface area contributed by atoms with Gasteiger partial charge in [-0.1, -0.05) is 29.8 Å². The predicted molar refractivity (Wildman–Crippen MR) is 112 cm³/mol. The zero-order chi connectivity index (χ0) is 24.3. The number of hydrogen-bond acceptors (Lipinski definition) is 4. The molecule has 1 unspecified atom stereocenters. The number of alkyl halides is 3. The summed E-state index contributed by atoms with van der Waals surface area (Å²) in [6.45, 7) is -0.0852. The van der Waals surface area contributed by atoms with E-state index in [-0.39, 0.29) is 24.2 Å². The van der Waals surface area contributed by atoms with Crippen molar-refractivity contribution in [2.24, 2.45) is 7.05 Å². The maximum absolute atomic E-state index is 14.0. The highest BCUT2D eigenvalue weighted by molar-refractivity contribution is 6.30. The summed E-state index contributed by atoms with van der Waals surface area (Å²) in [7, 11) is 2.43. The van der Waals surface area contributed by atoms with Crippen molar-refractivity contribution in [1.82, 2.24) is 15.1 Å². The van der Waals surface area contributed by atoms with Crippen molar-refractivity contribution in [2.45, 2.75) is 25.4 Å². The molecule has 0 fully saturated rings. The van der Waals surface area contributed by atoms with Crippen LogP contribution in [0.15, 0.2) is 42.5 Å². The Kier molecular flexibility index (Phi) is 7.41. The van der Waals surface area contributed by atoms with Crippen LogP contribution in [-0.2, 0) is 30.9 Å². The van der Waals surface area contributed by atoms with E-state index in [2.05, 4.69) is 10.4 Å². The van der Waals surface area contributed by atoms with Crippen LogP contribution in [0.3, 0.4) is 0 Å². The molecule has 0 radical (unpaired) electrons. The van der Waals surface area contributed by atoms with E-state index in [4.69, 9.17) is 21.4 Å². The normalized spacial score (nSPS) is 12.7. The van der Waals surface area contributed by atoms with Gasteiger partial charge in [0.05, 0.1) is 11.3 Å². The van der Waals surface area contributed by atoms with E-state index in [0.717, 1.165) is 16.8 Å². The first-order valence-electron chi connectivity index (χ1n) is 9.66. The third kappa shape index (κ3) is 5.70. The second-order valence-corrected chi connectivity index (χ2v) is 7.69. The Morgan fingerprint density at radius 1 is 1.24 bits per heavy atom. The third-order valence-electron chi connectivity index (χ3n) is 4.94. The lowest BCUT2D eigenvalue weighted by Gasteiger charge is -2.21. The van der Waals surface area contributed by atoms with Gasteiger partial charge in [-0.15, -0.1) is 0 Å². The fourth-order valence-corrected chi connectivity index (χ4v) is 3.75. The van der Waals surface area contributed by atoms with Crippen molar-refractivity contribution in [3.8, 4) is 0 Å². The Labute approximate surface area is 191 Å². The summed E-state index contributed by atoms with van der Waals surface area (Å²) in [4.78, 5) is 11.0. The molecule has 3 aromatic rings. The van der Waals surface area contributed by atoms with Crippen LogP contribution < -0.4 is 5.32 Å². The largest absolute Gasteiger partial charge is 0.478 e. The minimum absolute atomic E-state index is 0.0727. The first-order valence-corrected chi connectivity index (χ1v) is 10.0. The second-order valence-electron chi connectivity index (χ2n) is 7.25. The van der Waals surface area contributed by atoms with Gasteiger partial charge in [-0.25, -0.2) is 9.18 Å². The fraction of sp³-hybridized carbons (Fsp3) is 0.273. The Balaban J connectivity index is 1.95. The minimum atomic E-state index is -4.71. The number of halogens is 5. The number of methoxy groups -OCH3 is 1. The molecule has 0 spiro atoms. The molecule has 1 aromatic heterocycles. The molecule has 0 aliphatic heterocycles. The van der Waals surface area contributed by atoms with Gasteiger partial charge in [0.1, 0.15) is 17.7 Å². The van der Waals surface area contributed by atoms with Crippen molar-refractivity contribution in [2.75, 3.05) is 7.11 Å². The summed E-state index contributed by atoms with van der Waals surface area (Å²) in [5.74, 6) is -2.37. The molecule has 1 atom stereocenters. The van der Waals surface area contributed by atoms with Crippen LogP contribution in [0.4, 0.5) is 17.6 Å². The number of aromatic carboxylic acids is 1. The number of carbonyl (C=O) groups is 1. The monoisotopic (exact) mass is 485 g/mol. The molecule has 33 heavy (non-hydrogen) atoms. The van der Waals surface area contributed by atoms with E-state index in [1.165, 1.54) is 20.2 Å².